The third-order valence-corrected chi connectivity index (χ3v) is 7.07. The van der Waals surface area contributed by atoms with E-state index in [9.17, 15) is 14.0 Å². The maximum absolute atomic E-state index is 15.0. The first-order chi connectivity index (χ1) is 17.3. The molecule has 0 aliphatic carbocycles. The lowest BCUT2D eigenvalue weighted by Gasteiger charge is -2.41. The average molecular weight is 501 g/mol. The lowest BCUT2D eigenvalue weighted by Crippen LogP contribution is -2.52. The number of halogens is 2. The number of rotatable bonds is 10. The monoisotopic (exact) mass is 500 g/mol. The second kappa shape index (κ2) is 12.8. The van der Waals surface area contributed by atoms with Crippen molar-refractivity contribution in [3.63, 3.8) is 0 Å². The van der Waals surface area contributed by atoms with Gasteiger partial charge in [0.25, 0.3) is 0 Å². The van der Waals surface area contributed by atoms with Crippen molar-refractivity contribution in [1.29, 1.82) is 0 Å². The second-order valence-electron chi connectivity index (χ2n) is 9.16. The molecule has 1 aliphatic heterocycles. The molecule has 1 aliphatic rings. The molecule has 8 heteroatoms. The number of hydrogen-bond acceptors (Lipinski definition) is 4. The normalized spacial score (nSPS) is 15.1. The number of piperazine rings is 1. The lowest BCUT2D eigenvalue weighted by atomic mass is 10.0. The molecule has 1 heterocycles. The fraction of sp³-hybridized carbons (Fsp3) is 0.500. The molecule has 0 bridgehead atoms. The highest BCUT2D eigenvalue weighted by molar-refractivity contribution is 5.92. The summed E-state index contributed by atoms with van der Waals surface area (Å²) in [6, 6.07) is 10.4. The molecule has 1 atom stereocenters. The van der Waals surface area contributed by atoms with Crippen LogP contribution in [0.25, 0.3) is 0 Å². The quantitative estimate of drug-likeness (QED) is 0.495. The van der Waals surface area contributed by atoms with E-state index in [4.69, 9.17) is 0 Å². The van der Waals surface area contributed by atoms with Crippen LogP contribution in [0.4, 0.5) is 20.2 Å². The van der Waals surface area contributed by atoms with Gasteiger partial charge in [0.15, 0.2) is 0 Å². The molecule has 0 radical (unpaired) electrons. The Balaban J connectivity index is 1.73. The molecule has 36 heavy (non-hydrogen) atoms. The Hall–Kier alpha value is -3.00. The summed E-state index contributed by atoms with van der Waals surface area (Å²) in [5.41, 5.74) is 1.54. The Kier molecular flexibility index (Phi) is 9.81. The molecule has 1 saturated heterocycles. The Bertz CT molecular complexity index is 1030. The van der Waals surface area contributed by atoms with Crippen LogP contribution in [0.2, 0.25) is 0 Å². The average Bonchev–Trinajstić information content (AvgIpc) is 2.86. The number of nitrogens with zero attached hydrogens (tertiary/aromatic N) is 3. The van der Waals surface area contributed by atoms with Crippen LogP contribution in [0.1, 0.15) is 52.1 Å². The molecule has 3 rings (SSSR count). The van der Waals surface area contributed by atoms with E-state index in [1.165, 1.54) is 18.2 Å². The first-order valence-corrected chi connectivity index (χ1v) is 13.0. The van der Waals surface area contributed by atoms with Gasteiger partial charge in [-0.3, -0.25) is 14.5 Å². The molecular formula is C28H38F2N4O2. The minimum atomic E-state index is -0.588. The Morgan fingerprint density at radius 2 is 1.61 bits per heavy atom. The van der Waals surface area contributed by atoms with E-state index in [0.717, 1.165) is 12.8 Å². The van der Waals surface area contributed by atoms with Crippen LogP contribution < -0.4 is 10.2 Å². The summed E-state index contributed by atoms with van der Waals surface area (Å²) in [4.78, 5) is 31.5. The third-order valence-electron chi connectivity index (χ3n) is 7.07. The van der Waals surface area contributed by atoms with Crippen molar-refractivity contribution < 1.29 is 18.4 Å². The smallest absolute Gasteiger partial charge is 0.244 e. The SMILES string of the molecule is CCC(CC)C(=O)Nc1ccc(N2CCN(C(C(=O)N(CC)CC)c3cccc(F)c3)CC2)c(F)c1. The highest BCUT2D eigenvalue weighted by atomic mass is 19.1. The van der Waals surface area contributed by atoms with E-state index >= 15 is 4.39 Å². The Morgan fingerprint density at radius 3 is 2.17 bits per heavy atom. The fourth-order valence-corrected chi connectivity index (χ4v) is 4.86. The van der Waals surface area contributed by atoms with Crippen LogP contribution in [-0.4, -0.2) is 60.9 Å². The van der Waals surface area contributed by atoms with Gasteiger partial charge in [-0.2, -0.15) is 0 Å². The van der Waals surface area contributed by atoms with Crippen LogP contribution in [0.5, 0.6) is 0 Å². The van der Waals surface area contributed by atoms with Crippen molar-refractivity contribution in [2.75, 3.05) is 49.5 Å². The first kappa shape index (κ1) is 27.6. The molecule has 1 unspecified atom stereocenters. The molecule has 1 fully saturated rings. The molecule has 6 nitrogen and oxygen atoms in total. The van der Waals surface area contributed by atoms with E-state index < -0.39 is 11.9 Å². The minimum Gasteiger partial charge on any atom is -0.367 e. The largest absolute Gasteiger partial charge is 0.367 e. The number of amides is 2. The van der Waals surface area contributed by atoms with E-state index in [1.807, 2.05) is 37.5 Å². The summed E-state index contributed by atoms with van der Waals surface area (Å²) in [6.45, 7) is 11.0. The first-order valence-electron chi connectivity index (χ1n) is 13.0. The number of anilines is 2. The van der Waals surface area contributed by atoms with Gasteiger partial charge in [0.05, 0.1) is 5.69 Å². The predicted octanol–water partition coefficient (Wildman–Crippen LogP) is 5.07. The van der Waals surface area contributed by atoms with Crippen LogP contribution in [0, 0.1) is 17.6 Å². The number of hydrogen-bond donors (Lipinski definition) is 1. The second-order valence-corrected chi connectivity index (χ2v) is 9.16. The van der Waals surface area contributed by atoms with Gasteiger partial charge in [-0.15, -0.1) is 0 Å². The fourth-order valence-electron chi connectivity index (χ4n) is 4.86. The van der Waals surface area contributed by atoms with E-state index in [1.54, 1.807) is 29.2 Å². The van der Waals surface area contributed by atoms with Gasteiger partial charge in [0, 0.05) is 50.9 Å². The zero-order chi connectivity index (χ0) is 26.2. The molecular weight excluding hydrogens is 462 g/mol. The highest BCUT2D eigenvalue weighted by Crippen LogP contribution is 2.29. The maximum Gasteiger partial charge on any atom is 0.244 e. The number of nitrogens with one attached hydrogen (secondary N) is 1. The van der Waals surface area contributed by atoms with Crippen molar-refractivity contribution in [3.05, 3.63) is 59.7 Å². The Labute approximate surface area is 213 Å². The number of likely N-dealkylation sites (N-methyl/N-ethyl adjacent to an activating group) is 1. The van der Waals surface area contributed by atoms with Gasteiger partial charge in [-0.05, 0) is 62.6 Å². The van der Waals surface area contributed by atoms with Crippen molar-refractivity contribution in [2.45, 2.75) is 46.6 Å². The van der Waals surface area contributed by atoms with Crippen molar-refractivity contribution >= 4 is 23.2 Å². The van der Waals surface area contributed by atoms with Crippen LogP contribution in [0.15, 0.2) is 42.5 Å². The molecule has 2 amide bonds. The van der Waals surface area contributed by atoms with Gasteiger partial charge in [0.1, 0.15) is 17.7 Å². The topological polar surface area (TPSA) is 55.9 Å². The van der Waals surface area contributed by atoms with E-state index in [-0.39, 0.29) is 23.5 Å². The predicted molar refractivity (Wildman–Crippen MR) is 140 cm³/mol. The van der Waals surface area contributed by atoms with E-state index in [2.05, 4.69) is 5.32 Å². The number of benzene rings is 2. The minimum absolute atomic E-state index is 0.0530. The van der Waals surface area contributed by atoms with Gasteiger partial charge in [-0.1, -0.05) is 26.0 Å². The van der Waals surface area contributed by atoms with Gasteiger partial charge >= 0.3 is 0 Å². The van der Waals surface area contributed by atoms with E-state index in [0.29, 0.717) is 56.2 Å². The van der Waals surface area contributed by atoms with Crippen LogP contribution in [-0.2, 0) is 9.59 Å². The summed E-state index contributed by atoms with van der Waals surface area (Å²) >= 11 is 0. The van der Waals surface area contributed by atoms with Gasteiger partial charge in [-0.25, -0.2) is 8.78 Å². The summed E-state index contributed by atoms with van der Waals surface area (Å²) < 4.78 is 29.1. The summed E-state index contributed by atoms with van der Waals surface area (Å²) in [5.74, 6) is -1.01. The molecule has 196 valence electrons. The van der Waals surface area contributed by atoms with Crippen molar-refractivity contribution in [3.8, 4) is 0 Å². The molecule has 0 spiro atoms. The molecule has 2 aromatic carbocycles. The molecule has 2 aromatic rings. The number of carbonyl (C=O) groups is 2. The summed E-state index contributed by atoms with van der Waals surface area (Å²) in [6.07, 6.45) is 1.47. The highest BCUT2D eigenvalue weighted by Gasteiger charge is 2.33. The molecule has 1 N–H and O–H groups in total. The standard InChI is InChI=1S/C28H38F2N4O2/c1-5-20(6-2)27(35)31-23-12-13-25(24(30)19-23)33-14-16-34(17-15-33)26(28(36)32(7-3)8-4)21-10-9-11-22(29)18-21/h9-13,18-20,26H,5-8,14-17H2,1-4H3,(H,31,35). The summed E-state index contributed by atoms with van der Waals surface area (Å²) in [7, 11) is 0. The molecule has 0 aromatic heterocycles. The van der Waals surface area contributed by atoms with Gasteiger partial charge in [0.2, 0.25) is 11.8 Å². The summed E-state index contributed by atoms with van der Waals surface area (Å²) in [5, 5.41) is 2.82. The lowest BCUT2D eigenvalue weighted by molar-refractivity contribution is -0.137. The van der Waals surface area contributed by atoms with Crippen molar-refractivity contribution in [2.24, 2.45) is 5.92 Å². The number of carbonyl (C=O) groups excluding carboxylic acids is 2. The third kappa shape index (κ3) is 6.40. The zero-order valence-electron chi connectivity index (χ0n) is 21.8. The zero-order valence-corrected chi connectivity index (χ0v) is 21.8. The van der Waals surface area contributed by atoms with Gasteiger partial charge < -0.3 is 15.1 Å². The van der Waals surface area contributed by atoms with Crippen LogP contribution in [0.3, 0.4) is 0 Å². The van der Waals surface area contributed by atoms with Crippen molar-refractivity contribution in [1.82, 2.24) is 9.80 Å². The molecule has 0 saturated carbocycles. The Morgan fingerprint density at radius 1 is 0.944 bits per heavy atom. The van der Waals surface area contributed by atoms with Crippen LogP contribution >= 0.6 is 0 Å². The maximum atomic E-state index is 15.0.